The van der Waals surface area contributed by atoms with E-state index in [0.29, 0.717) is 17.7 Å². The lowest BCUT2D eigenvalue weighted by Crippen LogP contribution is -2.50. The minimum Gasteiger partial charge on any atom is -0.327 e. The maximum atomic E-state index is 13.0. The molecule has 1 saturated carbocycles. The van der Waals surface area contributed by atoms with Crippen molar-refractivity contribution in [2.24, 2.45) is 0 Å². The summed E-state index contributed by atoms with van der Waals surface area (Å²) in [5, 5.41) is 8.90. The van der Waals surface area contributed by atoms with E-state index in [1.807, 2.05) is 13.0 Å². The van der Waals surface area contributed by atoms with Crippen molar-refractivity contribution in [2.75, 3.05) is 4.90 Å². The number of carbonyl (C=O) groups is 3. The predicted molar refractivity (Wildman–Crippen MR) is 96.1 cm³/mol. The lowest BCUT2D eigenvalue weighted by atomic mass is 10.1. The highest BCUT2D eigenvalue weighted by Gasteiger charge is 2.46. The van der Waals surface area contributed by atoms with E-state index in [9.17, 15) is 14.4 Å². The van der Waals surface area contributed by atoms with E-state index >= 15 is 0 Å². The third kappa shape index (κ3) is 3.34. The molecular formula is C20H23N3O3. The average Bonchev–Trinajstić information content (AvgIpc) is 3.25. The van der Waals surface area contributed by atoms with Gasteiger partial charge in [0.2, 0.25) is 11.8 Å². The molecule has 1 saturated heterocycles. The zero-order valence-electron chi connectivity index (χ0n) is 15.0. The molecule has 6 heteroatoms. The third-order valence-electron chi connectivity index (χ3n) is 5.18. The molecule has 1 unspecified atom stereocenters. The van der Waals surface area contributed by atoms with Gasteiger partial charge in [0.25, 0.3) is 5.91 Å². The lowest BCUT2D eigenvalue weighted by molar-refractivity contribution is -0.141. The molecular weight excluding hydrogens is 330 g/mol. The molecule has 0 radical (unpaired) electrons. The summed E-state index contributed by atoms with van der Waals surface area (Å²) in [5.41, 5.74) is 0.922. The van der Waals surface area contributed by atoms with Crippen LogP contribution in [0.3, 0.4) is 0 Å². The van der Waals surface area contributed by atoms with Gasteiger partial charge in [-0.2, -0.15) is 5.26 Å². The van der Waals surface area contributed by atoms with Gasteiger partial charge in [-0.3, -0.25) is 14.4 Å². The van der Waals surface area contributed by atoms with Gasteiger partial charge in [0, 0.05) is 12.5 Å². The number of nitriles is 1. The highest BCUT2D eigenvalue weighted by Crippen LogP contribution is 2.32. The van der Waals surface area contributed by atoms with Gasteiger partial charge >= 0.3 is 0 Å². The van der Waals surface area contributed by atoms with E-state index in [1.54, 1.807) is 29.2 Å². The Morgan fingerprint density at radius 3 is 2.46 bits per heavy atom. The van der Waals surface area contributed by atoms with E-state index in [2.05, 4.69) is 0 Å². The first kappa shape index (κ1) is 18.1. The van der Waals surface area contributed by atoms with E-state index in [0.717, 1.165) is 37.0 Å². The molecule has 0 bridgehead atoms. The van der Waals surface area contributed by atoms with Gasteiger partial charge in [-0.15, -0.1) is 0 Å². The van der Waals surface area contributed by atoms with Crippen LogP contribution in [0.15, 0.2) is 24.3 Å². The molecule has 1 aliphatic carbocycles. The zero-order valence-corrected chi connectivity index (χ0v) is 15.0. The molecule has 2 aliphatic rings. The number of anilines is 1. The summed E-state index contributed by atoms with van der Waals surface area (Å²) in [4.78, 5) is 41.1. The van der Waals surface area contributed by atoms with Gasteiger partial charge in [-0.05, 0) is 43.5 Å². The molecule has 136 valence electrons. The number of hydrogen-bond acceptors (Lipinski definition) is 4. The molecule has 6 nitrogen and oxygen atoms in total. The normalized spacial score (nSPS) is 20.5. The summed E-state index contributed by atoms with van der Waals surface area (Å²) < 4.78 is 0. The summed E-state index contributed by atoms with van der Waals surface area (Å²) in [6, 6.07) is 7.73. The topological polar surface area (TPSA) is 81.5 Å². The second-order valence-electron chi connectivity index (χ2n) is 6.94. The van der Waals surface area contributed by atoms with Crippen LogP contribution in [0.2, 0.25) is 0 Å². The van der Waals surface area contributed by atoms with Crippen LogP contribution in [-0.4, -0.2) is 34.7 Å². The van der Waals surface area contributed by atoms with Crippen molar-refractivity contribution in [3.63, 3.8) is 0 Å². The fraction of sp³-hybridized carbons (Fsp3) is 0.500. The summed E-state index contributed by atoms with van der Waals surface area (Å²) in [5.74, 6) is -0.666. The van der Waals surface area contributed by atoms with Crippen molar-refractivity contribution < 1.29 is 14.4 Å². The van der Waals surface area contributed by atoms with Gasteiger partial charge in [-0.25, -0.2) is 4.90 Å². The molecule has 3 amide bonds. The van der Waals surface area contributed by atoms with Crippen molar-refractivity contribution in [1.29, 1.82) is 5.26 Å². The largest absolute Gasteiger partial charge is 0.327 e. The van der Waals surface area contributed by atoms with Crippen molar-refractivity contribution >= 4 is 23.4 Å². The van der Waals surface area contributed by atoms with Gasteiger partial charge in [0.05, 0.1) is 23.7 Å². The molecule has 1 atom stereocenters. The third-order valence-corrected chi connectivity index (χ3v) is 5.18. The van der Waals surface area contributed by atoms with E-state index in [1.165, 1.54) is 0 Å². The molecule has 2 fully saturated rings. The average molecular weight is 353 g/mol. The van der Waals surface area contributed by atoms with Gasteiger partial charge in [-0.1, -0.05) is 19.8 Å². The maximum Gasteiger partial charge on any atom is 0.257 e. The quantitative estimate of drug-likeness (QED) is 0.762. The first-order valence-electron chi connectivity index (χ1n) is 9.25. The molecule has 0 N–H and O–H groups in total. The van der Waals surface area contributed by atoms with Crippen LogP contribution in [0.25, 0.3) is 0 Å². The van der Waals surface area contributed by atoms with Gasteiger partial charge in [0.1, 0.15) is 6.04 Å². The molecule has 1 aromatic carbocycles. The van der Waals surface area contributed by atoms with Crippen molar-refractivity contribution in [3.05, 3.63) is 29.8 Å². The Balaban J connectivity index is 1.87. The van der Waals surface area contributed by atoms with Crippen LogP contribution < -0.4 is 4.90 Å². The number of rotatable bonds is 5. The maximum absolute atomic E-state index is 13.0. The number of imide groups is 1. The second-order valence-corrected chi connectivity index (χ2v) is 6.94. The van der Waals surface area contributed by atoms with Crippen LogP contribution in [-0.2, 0) is 14.4 Å². The molecule has 1 aliphatic heterocycles. The minimum atomic E-state index is -0.708. The van der Waals surface area contributed by atoms with E-state index in [-0.39, 0.29) is 30.2 Å². The molecule has 1 heterocycles. The second kappa shape index (κ2) is 7.69. The standard InChI is InChI=1S/C20H23N3O3/c1-2-5-18(24)22(15-6-3-4-7-15)17-12-19(25)23(20(17)26)16-10-8-14(13-21)9-11-16/h8-11,15,17H,2-7,12H2,1H3. The summed E-state index contributed by atoms with van der Waals surface area (Å²) in [6.07, 6.45) is 5.03. The van der Waals surface area contributed by atoms with Crippen LogP contribution in [0.1, 0.15) is 57.4 Å². The zero-order chi connectivity index (χ0) is 18.7. The fourth-order valence-electron chi connectivity index (χ4n) is 3.95. The van der Waals surface area contributed by atoms with Crippen LogP contribution in [0.4, 0.5) is 5.69 Å². The fourth-order valence-corrected chi connectivity index (χ4v) is 3.95. The number of benzene rings is 1. The Kier molecular flexibility index (Phi) is 5.36. The SMILES string of the molecule is CCCC(=O)N(C1CCCC1)C1CC(=O)N(c2ccc(C#N)cc2)C1=O. The highest BCUT2D eigenvalue weighted by atomic mass is 16.2. The number of nitrogens with zero attached hydrogens (tertiary/aromatic N) is 3. The minimum absolute atomic E-state index is 0.0325. The summed E-state index contributed by atoms with van der Waals surface area (Å²) in [7, 11) is 0. The molecule has 26 heavy (non-hydrogen) atoms. The Morgan fingerprint density at radius 2 is 1.88 bits per heavy atom. The molecule has 3 rings (SSSR count). The summed E-state index contributed by atoms with van der Waals surface area (Å²) >= 11 is 0. The Morgan fingerprint density at radius 1 is 1.23 bits per heavy atom. The molecule has 0 spiro atoms. The Hall–Kier alpha value is -2.68. The molecule has 0 aromatic heterocycles. The predicted octanol–water partition coefficient (Wildman–Crippen LogP) is 2.76. The Labute approximate surface area is 153 Å². The first-order valence-corrected chi connectivity index (χ1v) is 9.25. The van der Waals surface area contributed by atoms with Crippen molar-refractivity contribution in [2.45, 2.75) is 64.0 Å². The van der Waals surface area contributed by atoms with Crippen molar-refractivity contribution in [1.82, 2.24) is 4.90 Å². The number of hydrogen-bond donors (Lipinski definition) is 0. The monoisotopic (exact) mass is 353 g/mol. The number of carbonyl (C=O) groups excluding carboxylic acids is 3. The van der Waals surface area contributed by atoms with Gasteiger partial charge < -0.3 is 4.90 Å². The van der Waals surface area contributed by atoms with E-state index in [4.69, 9.17) is 5.26 Å². The Bertz CT molecular complexity index is 745. The summed E-state index contributed by atoms with van der Waals surface area (Å²) in [6.45, 7) is 1.94. The van der Waals surface area contributed by atoms with Crippen LogP contribution in [0, 0.1) is 11.3 Å². The van der Waals surface area contributed by atoms with Crippen LogP contribution >= 0.6 is 0 Å². The molecule has 1 aromatic rings. The lowest BCUT2D eigenvalue weighted by Gasteiger charge is -2.33. The smallest absolute Gasteiger partial charge is 0.257 e. The van der Waals surface area contributed by atoms with E-state index < -0.39 is 6.04 Å². The van der Waals surface area contributed by atoms with Crippen LogP contribution in [0.5, 0.6) is 0 Å². The first-order chi connectivity index (χ1) is 12.6. The van der Waals surface area contributed by atoms with Crippen molar-refractivity contribution in [3.8, 4) is 6.07 Å². The number of amides is 3. The van der Waals surface area contributed by atoms with Gasteiger partial charge in [0.15, 0.2) is 0 Å². The highest BCUT2D eigenvalue weighted by molar-refractivity contribution is 6.23.